The third-order valence-electron chi connectivity index (χ3n) is 0.902. The average Bonchev–Trinajstić information content (AvgIpc) is 2.00. The lowest BCUT2D eigenvalue weighted by atomic mass is 10.4. The Hall–Kier alpha value is -1.06. The Kier molecular flexibility index (Phi) is 4.28. The summed E-state index contributed by atoms with van der Waals surface area (Å²) >= 11 is 0. The number of hydrogen-bond donors (Lipinski definition) is 2. The van der Waals surface area contributed by atoms with Gasteiger partial charge in [-0.3, -0.25) is 9.59 Å². The van der Waals surface area contributed by atoms with Gasteiger partial charge in [-0.25, -0.2) is 0 Å². The minimum Gasteiger partial charge on any atom is -0.346 e. The van der Waals surface area contributed by atoms with Crippen molar-refractivity contribution in [3.63, 3.8) is 0 Å². The van der Waals surface area contributed by atoms with E-state index in [-0.39, 0.29) is 0 Å². The Morgan fingerprint density at radius 2 is 1.30 bits per heavy atom. The predicted molar refractivity (Wildman–Crippen MR) is 37.4 cm³/mol. The molecule has 1 saturated heterocycles. The standard InChI is InChI=1S/C4H6N2O2.C2H6/c7-3-4(8)6-2-1-5-3;1-2/h1-2H2,(H,5,7)(H,6,8);1-2H3. The number of hydrogen-bond acceptors (Lipinski definition) is 2. The molecule has 1 aliphatic heterocycles. The average molecular weight is 144 g/mol. The van der Waals surface area contributed by atoms with Crippen LogP contribution in [0, 0.1) is 0 Å². The van der Waals surface area contributed by atoms with Crippen molar-refractivity contribution in [3.8, 4) is 0 Å². The van der Waals surface area contributed by atoms with Crippen LogP contribution >= 0.6 is 0 Å². The zero-order valence-corrected chi connectivity index (χ0v) is 6.23. The van der Waals surface area contributed by atoms with Gasteiger partial charge in [0.15, 0.2) is 0 Å². The maximum Gasteiger partial charge on any atom is 0.309 e. The Bertz CT molecular complexity index is 118. The first-order valence-electron chi connectivity index (χ1n) is 3.37. The van der Waals surface area contributed by atoms with Crippen molar-refractivity contribution in [1.29, 1.82) is 0 Å². The summed E-state index contributed by atoms with van der Waals surface area (Å²) in [6, 6.07) is 0. The molecule has 1 aliphatic rings. The quantitative estimate of drug-likeness (QED) is 0.440. The van der Waals surface area contributed by atoms with E-state index in [1.165, 1.54) is 0 Å². The molecule has 0 aliphatic carbocycles. The molecule has 0 spiro atoms. The van der Waals surface area contributed by atoms with E-state index in [1.54, 1.807) is 0 Å². The zero-order chi connectivity index (χ0) is 7.98. The van der Waals surface area contributed by atoms with Gasteiger partial charge in [-0.2, -0.15) is 0 Å². The summed E-state index contributed by atoms with van der Waals surface area (Å²) in [7, 11) is 0. The highest BCUT2D eigenvalue weighted by Gasteiger charge is 2.15. The lowest BCUT2D eigenvalue weighted by Gasteiger charge is -2.10. The van der Waals surface area contributed by atoms with Gasteiger partial charge >= 0.3 is 11.8 Å². The van der Waals surface area contributed by atoms with Crippen LogP contribution < -0.4 is 10.6 Å². The Morgan fingerprint density at radius 1 is 1.00 bits per heavy atom. The number of carbonyl (C=O) groups excluding carboxylic acids is 2. The van der Waals surface area contributed by atoms with Gasteiger partial charge < -0.3 is 10.6 Å². The van der Waals surface area contributed by atoms with Crippen LogP contribution in [0.3, 0.4) is 0 Å². The molecule has 0 saturated carbocycles. The Labute approximate surface area is 60.0 Å². The second kappa shape index (κ2) is 4.78. The summed E-state index contributed by atoms with van der Waals surface area (Å²) in [5.74, 6) is -1.06. The summed E-state index contributed by atoms with van der Waals surface area (Å²) in [6.07, 6.45) is 0. The van der Waals surface area contributed by atoms with Gasteiger partial charge in [0.25, 0.3) is 0 Å². The van der Waals surface area contributed by atoms with Crippen molar-refractivity contribution in [2.45, 2.75) is 13.8 Å². The van der Waals surface area contributed by atoms with Crippen LogP contribution in [0.5, 0.6) is 0 Å². The third-order valence-corrected chi connectivity index (χ3v) is 0.902. The van der Waals surface area contributed by atoms with Crippen LogP contribution in [0.25, 0.3) is 0 Å². The topological polar surface area (TPSA) is 58.2 Å². The first-order chi connectivity index (χ1) is 4.80. The lowest BCUT2D eigenvalue weighted by Crippen LogP contribution is -2.49. The largest absolute Gasteiger partial charge is 0.346 e. The van der Waals surface area contributed by atoms with Crippen molar-refractivity contribution >= 4 is 11.8 Å². The molecule has 0 atom stereocenters. The maximum absolute atomic E-state index is 10.3. The van der Waals surface area contributed by atoms with E-state index in [1.807, 2.05) is 13.8 Å². The Morgan fingerprint density at radius 3 is 1.50 bits per heavy atom. The summed E-state index contributed by atoms with van der Waals surface area (Å²) in [4.78, 5) is 20.5. The second-order valence-corrected chi connectivity index (χ2v) is 1.51. The minimum atomic E-state index is -0.531. The van der Waals surface area contributed by atoms with Crippen LogP contribution in [-0.2, 0) is 9.59 Å². The molecule has 0 unspecified atom stereocenters. The van der Waals surface area contributed by atoms with E-state index in [2.05, 4.69) is 10.6 Å². The molecule has 4 nitrogen and oxygen atoms in total. The van der Waals surface area contributed by atoms with Crippen molar-refractivity contribution in [1.82, 2.24) is 10.6 Å². The number of amides is 2. The minimum absolute atomic E-state index is 0.531. The van der Waals surface area contributed by atoms with Gasteiger partial charge in [0, 0.05) is 13.1 Å². The summed E-state index contributed by atoms with van der Waals surface area (Å²) in [5, 5.41) is 4.76. The van der Waals surface area contributed by atoms with Crippen molar-refractivity contribution in [2.75, 3.05) is 13.1 Å². The Balaban J connectivity index is 0.000000371. The molecule has 2 N–H and O–H groups in total. The highest BCUT2D eigenvalue weighted by molar-refractivity contribution is 6.35. The molecule has 0 aromatic carbocycles. The smallest absolute Gasteiger partial charge is 0.309 e. The van der Waals surface area contributed by atoms with E-state index in [9.17, 15) is 9.59 Å². The molecule has 4 heteroatoms. The molecular formula is C6H12N2O2. The van der Waals surface area contributed by atoms with E-state index in [4.69, 9.17) is 0 Å². The van der Waals surface area contributed by atoms with Crippen LogP contribution in [0.1, 0.15) is 13.8 Å². The van der Waals surface area contributed by atoms with Gasteiger partial charge in [0.2, 0.25) is 0 Å². The number of carbonyl (C=O) groups is 2. The molecule has 1 heterocycles. The van der Waals surface area contributed by atoms with Crippen molar-refractivity contribution in [3.05, 3.63) is 0 Å². The number of rotatable bonds is 0. The molecule has 2 amide bonds. The summed E-state index contributed by atoms with van der Waals surface area (Å²) in [6.45, 7) is 5.09. The van der Waals surface area contributed by atoms with Crippen LogP contribution in [-0.4, -0.2) is 24.9 Å². The number of nitrogens with one attached hydrogen (secondary N) is 2. The monoisotopic (exact) mass is 144 g/mol. The third kappa shape index (κ3) is 2.48. The van der Waals surface area contributed by atoms with Gasteiger partial charge in [0.05, 0.1) is 0 Å². The highest BCUT2D eigenvalue weighted by Crippen LogP contribution is 1.73. The molecular weight excluding hydrogens is 132 g/mol. The predicted octanol–water partition coefficient (Wildman–Crippen LogP) is -0.741. The first-order valence-corrected chi connectivity index (χ1v) is 3.37. The highest BCUT2D eigenvalue weighted by atomic mass is 16.2. The fourth-order valence-corrected chi connectivity index (χ4v) is 0.513. The second-order valence-electron chi connectivity index (χ2n) is 1.51. The van der Waals surface area contributed by atoms with Crippen LogP contribution in [0.2, 0.25) is 0 Å². The molecule has 1 rings (SSSR count). The zero-order valence-electron chi connectivity index (χ0n) is 6.23. The fourth-order valence-electron chi connectivity index (χ4n) is 0.513. The molecule has 10 heavy (non-hydrogen) atoms. The van der Waals surface area contributed by atoms with E-state index in [0.29, 0.717) is 13.1 Å². The first kappa shape index (κ1) is 8.94. The van der Waals surface area contributed by atoms with Crippen LogP contribution in [0.4, 0.5) is 0 Å². The molecule has 58 valence electrons. The van der Waals surface area contributed by atoms with Crippen molar-refractivity contribution in [2.24, 2.45) is 0 Å². The molecule has 0 aromatic heterocycles. The maximum atomic E-state index is 10.3. The van der Waals surface area contributed by atoms with Crippen LogP contribution in [0.15, 0.2) is 0 Å². The van der Waals surface area contributed by atoms with Gasteiger partial charge in [-0.1, -0.05) is 13.8 Å². The number of piperazine rings is 1. The SMILES string of the molecule is CC.O=C1NCCNC1=O. The molecule has 0 aromatic rings. The van der Waals surface area contributed by atoms with Gasteiger partial charge in [0.1, 0.15) is 0 Å². The normalized spacial score (nSPS) is 16.2. The molecule has 1 fully saturated rings. The molecule has 0 radical (unpaired) electrons. The lowest BCUT2D eigenvalue weighted by molar-refractivity contribution is -0.140. The summed E-state index contributed by atoms with van der Waals surface area (Å²) < 4.78 is 0. The fraction of sp³-hybridized carbons (Fsp3) is 0.667. The van der Waals surface area contributed by atoms with E-state index in [0.717, 1.165) is 0 Å². The van der Waals surface area contributed by atoms with Gasteiger partial charge in [-0.05, 0) is 0 Å². The van der Waals surface area contributed by atoms with Crippen molar-refractivity contribution < 1.29 is 9.59 Å². The molecule has 0 bridgehead atoms. The van der Waals surface area contributed by atoms with E-state index >= 15 is 0 Å². The summed E-state index contributed by atoms with van der Waals surface area (Å²) in [5.41, 5.74) is 0. The van der Waals surface area contributed by atoms with Gasteiger partial charge in [-0.15, -0.1) is 0 Å². The van der Waals surface area contributed by atoms with E-state index < -0.39 is 11.8 Å².